The topological polar surface area (TPSA) is 111 Å². The minimum atomic E-state index is -0.579. The number of thioether (sulfide) groups is 1. The summed E-state index contributed by atoms with van der Waals surface area (Å²) in [4.78, 5) is 54.2. The Balaban J connectivity index is 1.33. The number of anilines is 1. The number of carbonyl (C=O) groups excluding carboxylic acids is 4. The van der Waals surface area contributed by atoms with E-state index in [9.17, 15) is 19.2 Å². The highest BCUT2D eigenvalue weighted by Gasteiger charge is 2.37. The molecule has 5 rings (SSSR count). The normalized spacial score (nSPS) is 15.2. The Kier molecular flexibility index (Phi) is 10.4. The number of hydrogen-bond acceptors (Lipinski definition) is 9. The zero-order valence-electron chi connectivity index (χ0n) is 25.2. The first-order valence-corrected chi connectivity index (χ1v) is 16.3. The van der Waals surface area contributed by atoms with Crippen molar-refractivity contribution in [1.82, 2.24) is 4.90 Å². The number of amides is 3. The van der Waals surface area contributed by atoms with Crippen LogP contribution in [0.2, 0.25) is 0 Å². The molecule has 0 saturated carbocycles. The van der Waals surface area contributed by atoms with Crippen molar-refractivity contribution in [3.63, 3.8) is 0 Å². The van der Waals surface area contributed by atoms with Gasteiger partial charge in [0.2, 0.25) is 5.91 Å². The number of nitrogens with zero attached hydrogens (tertiary/aromatic N) is 1. The van der Waals surface area contributed by atoms with Gasteiger partial charge < -0.3 is 19.5 Å². The van der Waals surface area contributed by atoms with E-state index in [1.54, 1.807) is 25.1 Å². The van der Waals surface area contributed by atoms with Crippen molar-refractivity contribution in [3.05, 3.63) is 92.7 Å². The van der Waals surface area contributed by atoms with E-state index in [0.29, 0.717) is 40.7 Å². The van der Waals surface area contributed by atoms with E-state index in [-0.39, 0.29) is 11.5 Å². The third-order valence-electron chi connectivity index (χ3n) is 7.34. The molecule has 0 radical (unpaired) electrons. The minimum Gasteiger partial charge on any atom is -0.493 e. The van der Waals surface area contributed by atoms with Crippen LogP contribution in [0.4, 0.5) is 9.80 Å². The summed E-state index contributed by atoms with van der Waals surface area (Å²) < 4.78 is 17.0. The summed E-state index contributed by atoms with van der Waals surface area (Å²) in [5, 5.41) is 2.61. The molecule has 1 fully saturated rings. The maximum absolute atomic E-state index is 13.3. The lowest BCUT2D eigenvalue weighted by Crippen LogP contribution is -2.36. The van der Waals surface area contributed by atoms with E-state index in [1.165, 1.54) is 18.4 Å². The molecule has 1 aliphatic carbocycles. The number of thiophene rings is 1. The minimum absolute atomic E-state index is 0.177. The van der Waals surface area contributed by atoms with E-state index in [0.717, 1.165) is 63.9 Å². The Morgan fingerprint density at radius 3 is 2.62 bits per heavy atom. The van der Waals surface area contributed by atoms with Crippen molar-refractivity contribution in [3.8, 4) is 11.5 Å². The summed E-state index contributed by atoms with van der Waals surface area (Å²) >= 11 is 2.11. The third kappa shape index (κ3) is 7.32. The first-order chi connectivity index (χ1) is 21.8. The molecule has 234 valence electrons. The Morgan fingerprint density at radius 2 is 1.89 bits per heavy atom. The average molecular weight is 647 g/mol. The van der Waals surface area contributed by atoms with Crippen molar-refractivity contribution < 1.29 is 33.4 Å². The highest BCUT2D eigenvalue weighted by molar-refractivity contribution is 8.18. The lowest BCUT2D eigenvalue weighted by atomic mass is 9.95. The van der Waals surface area contributed by atoms with Gasteiger partial charge in [-0.15, -0.1) is 17.9 Å². The Bertz CT molecular complexity index is 1660. The number of carbonyl (C=O) groups is 4. The quantitative estimate of drug-likeness (QED) is 0.130. The van der Waals surface area contributed by atoms with Crippen LogP contribution >= 0.6 is 23.1 Å². The molecule has 1 aliphatic heterocycles. The van der Waals surface area contributed by atoms with Gasteiger partial charge in [0.25, 0.3) is 11.1 Å². The SMILES string of the molecule is C=CCc1cc(/C=C2/SC(=O)N(CC(=O)Nc3sc4c(c3C(=O)OCC)CCCC4)C2=O)cc(OC)c1OCc1ccccc1. The van der Waals surface area contributed by atoms with Crippen molar-refractivity contribution >= 4 is 57.2 Å². The average Bonchev–Trinajstić information content (AvgIpc) is 3.52. The predicted octanol–water partition coefficient (Wildman–Crippen LogP) is 6.79. The first kappa shape index (κ1) is 32.1. The standard InChI is InChI=1S/C34H34N2O7S2/c1-4-11-23-16-22(17-25(41-3)30(23)43-20-21-12-7-6-8-13-21)18-27-32(38)36(34(40)45-27)19-28(37)35-31-29(33(39)42-5-2)24-14-9-10-15-26(24)44-31/h4,6-8,12-13,16-18H,1,5,9-11,14-15,19-20H2,2-3H3,(H,35,37)/b27-18+. The molecule has 0 spiro atoms. The van der Waals surface area contributed by atoms with E-state index in [1.807, 2.05) is 36.4 Å². The van der Waals surface area contributed by atoms with Crippen molar-refractivity contribution in [2.24, 2.45) is 0 Å². The Morgan fingerprint density at radius 1 is 1.11 bits per heavy atom. The van der Waals surface area contributed by atoms with Crippen LogP contribution in [0.15, 0.2) is 60.0 Å². The molecule has 0 bridgehead atoms. The summed E-state index contributed by atoms with van der Waals surface area (Å²) in [7, 11) is 1.54. The number of aryl methyl sites for hydroxylation is 1. The van der Waals surface area contributed by atoms with Crippen LogP contribution in [0, 0.1) is 0 Å². The molecule has 0 unspecified atom stereocenters. The number of imide groups is 1. The highest BCUT2D eigenvalue weighted by Crippen LogP contribution is 2.40. The molecule has 1 aromatic heterocycles. The number of benzene rings is 2. The van der Waals surface area contributed by atoms with Crippen LogP contribution < -0.4 is 14.8 Å². The number of allylic oxidation sites excluding steroid dienone is 1. The van der Waals surface area contributed by atoms with Crippen LogP contribution in [0.3, 0.4) is 0 Å². The molecular weight excluding hydrogens is 613 g/mol. The van der Waals surface area contributed by atoms with Crippen LogP contribution in [0.25, 0.3) is 6.08 Å². The van der Waals surface area contributed by atoms with Crippen molar-refractivity contribution in [2.75, 3.05) is 25.6 Å². The second-order valence-electron chi connectivity index (χ2n) is 10.4. The van der Waals surface area contributed by atoms with E-state index >= 15 is 0 Å². The fourth-order valence-corrected chi connectivity index (χ4v) is 7.42. The second-order valence-corrected chi connectivity index (χ2v) is 12.5. The molecule has 2 heterocycles. The summed E-state index contributed by atoms with van der Waals surface area (Å²) in [6.07, 6.45) is 7.37. The first-order valence-electron chi connectivity index (χ1n) is 14.7. The molecule has 1 N–H and O–H groups in total. The number of methoxy groups -OCH3 is 1. The molecular formula is C34H34N2O7S2. The maximum atomic E-state index is 13.3. The lowest BCUT2D eigenvalue weighted by molar-refractivity contribution is -0.127. The fraction of sp³-hybridized carbons (Fsp3) is 0.294. The van der Waals surface area contributed by atoms with E-state index < -0.39 is 29.6 Å². The number of fused-ring (bicyclic) bond motifs is 1. The van der Waals surface area contributed by atoms with Gasteiger partial charge in [-0.3, -0.25) is 19.3 Å². The fourth-order valence-electron chi connectivity index (χ4n) is 5.29. The monoisotopic (exact) mass is 646 g/mol. The van der Waals surface area contributed by atoms with Gasteiger partial charge in [-0.1, -0.05) is 36.4 Å². The van der Waals surface area contributed by atoms with Crippen molar-refractivity contribution in [2.45, 2.75) is 45.6 Å². The molecule has 9 nitrogen and oxygen atoms in total. The lowest BCUT2D eigenvalue weighted by Gasteiger charge is -2.16. The number of nitrogens with one attached hydrogen (secondary N) is 1. The molecule has 45 heavy (non-hydrogen) atoms. The zero-order chi connectivity index (χ0) is 31.9. The Labute approximate surface area is 270 Å². The van der Waals surface area contributed by atoms with Gasteiger partial charge >= 0.3 is 5.97 Å². The maximum Gasteiger partial charge on any atom is 0.341 e. The van der Waals surface area contributed by atoms with Crippen LogP contribution in [-0.2, 0) is 40.2 Å². The number of ether oxygens (including phenoxy) is 3. The largest absolute Gasteiger partial charge is 0.493 e. The summed E-state index contributed by atoms with van der Waals surface area (Å²) in [6, 6.07) is 13.4. The van der Waals surface area contributed by atoms with Gasteiger partial charge in [0.1, 0.15) is 18.2 Å². The van der Waals surface area contributed by atoms with Gasteiger partial charge in [-0.05, 0) is 85.7 Å². The van der Waals surface area contributed by atoms with E-state index in [4.69, 9.17) is 14.2 Å². The van der Waals surface area contributed by atoms with Gasteiger partial charge in [0, 0.05) is 10.4 Å². The van der Waals surface area contributed by atoms with Crippen LogP contribution in [0.5, 0.6) is 11.5 Å². The molecule has 0 atom stereocenters. The summed E-state index contributed by atoms with van der Waals surface area (Å²) in [6.45, 7) is 5.66. The number of rotatable bonds is 12. The predicted molar refractivity (Wildman–Crippen MR) is 176 cm³/mol. The number of esters is 1. The molecule has 2 aromatic carbocycles. The van der Waals surface area contributed by atoms with Crippen LogP contribution in [0.1, 0.15) is 57.3 Å². The molecule has 1 saturated heterocycles. The van der Waals surface area contributed by atoms with E-state index in [2.05, 4.69) is 11.9 Å². The third-order valence-corrected chi connectivity index (χ3v) is 9.46. The van der Waals surface area contributed by atoms with Gasteiger partial charge in [0.05, 0.1) is 24.2 Å². The highest BCUT2D eigenvalue weighted by atomic mass is 32.2. The van der Waals surface area contributed by atoms with Gasteiger partial charge in [-0.2, -0.15) is 0 Å². The van der Waals surface area contributed by atoms with Gasteiger partial charge in [-0.25, -0.2) is 4.79 Å². The van der Waals surface area contributed by atoms with Gasteiger partial charge in [0.15, 0.2) is 11.5 Å². The molecule has 11 heteroatoms. The summed E-state index contributed by atoms with van der Waals surface area (Å²) in [5.74, 6) is -0.585. The number of hydrogen-bond donors (Lipinski definition) is 1. The zero-order valence-corrected chi connectivity index (χ0v) is 26.8. The second kappa shape index (κ2) is 14.6. The molecule has 3 aromatic rings. The van der Waals surface area contributed by atoms with Crippen molar-refractivity contribution in [1.29, 1.82) is 0 Å². The molecule has 2 aliphatic rings. The van der Waals surface area contributed by atoms with Crippen LogP contribution in [-0.4, -0.2) is 48.2 Å². The smallest absolute Gasteiger partial charge is 0.341 e. The Hall–Kier alpha value is -4.35. The summed E-state index contributed by atoms with van der Waals surface area (Å²) in [5.41, 5.74) is 3.73. The molecule has 3 amide bonds.